The second kappa shape index (κ2) is 7.16. The van der Waals surface area contributed by atoms with Gasteiger partial charge in [-0.15, -0.1) is 0 Å². The van der Waals surface area contributed by atoms with Crippen LogP contribution in [-0.4, -0.2) is 6.61 Å². The minimum absolute atomic E-state index is 0.655. The summed E-state index contributed by atoms with van der Waals surface area (Å²) in [6.45, 7) is 9.34. The largest absolute Gasteiger partial charge is 0.494 e. The third-order valence-corrected chi connectivity index (χ3v) is 2.79. The molecule has 17 heavy (non-hydrogen) atoms. The van der Waals surface area contributed by atoms with Gasteiger partial charge in [0.1, 0.15) is 5.75 Å². The van der Waals surface area contributed by atoms with Gasteiger partial charge in [0.25, 0.3) is 0 Å². The van der Waals surface area contributed by atoms with Crippen molar-refractivity contribution in [2.45, 2.75) is 40.5 Å². The van der Waals surface area contributed by atoms with Crippen molar-refractivity contribution in [1.29, 1.82) is 0 Å². The van der Waals surface area contributed by atoms with Crippen molar-refractivity contribution in [2.75, 3.05) is 6.61 Å². The lowest BCUT2D eigenvalue weighted by molar-refractivity contribution is 0.300. The van der Waals surface area contributed by atoms with E-state index in [0.717, 1.165) is 18.8 Å². The monoisotopic (exact) mass is 232 g/mol. The van der Waals surface area contributed by atoms with E-state index in [2.05, 4.69) is 58.0 Å². The highest BCUT2D eigenvalue weighted by atomic mass is 16.5. The molecule has 1 nitrogen and oxygen atoms in total. The van der Waals surface area contributed by atoms with Gasteiger partial charge < -0.3 is 4.74 Å². The zero-order chi connectivity index (χ0) is 12.7. The van der Waals surface area contributed by atoms with Crippen molar-refractivity contribution in [3.63, 3.8) is 0 Å². The highest BCUT2D eigenvalue weighted by Crippen LogP contribution is 2.17. The molecule has 1 rings (SSSR count). The van der Waals surface area contributed by atoms with Gasteiger partial charge in [-0.2, -0.15) is 0 Å². The Balaban J connectivity index is 2.31. The van der Waals surface area contributed by atoms with Crippen LogP contribution in [0.2, 0.25) is 0 Å². The van der Waals surface area contributed by atoms with Crippen molar-refractivity contribution in [2.24, 2.45) is 5.92 Å². The molecular formula is C16H24O. The van der Waals surface area contributed by atoms with Gasteiger partial charge in [0.2, 0.25) is 0 Å². The maximum absolute atomic E-state index is 5.77. The number of hydrogen-bond donors (Lipinski definition) is 0. The smallest absolute Gasteiger partial charge is 0.119 e. The van der Waals surface area contributed by atoms with E-state index in [1.807, 2.05) is 0 Å². The van der Waals surface area contributed by atoms with Crippen LogP contribution in [0.1, 0.15) is 37.8 Å². The molecule has 1 aromatic carbocycles. The molecule has 0 saturated carbocycles. The average molecular weight is 232 g/mol. The van der Waals surface area contributed by atoms with Gasteiger partial charge in [0.05, 0.1) is 6.61 Å². The molecule has 0 saturated heterocycles. The Kier molecular flexibility index (Phi) is 5.82. The fourth-order valence-electron chi connectivity index (χ4n) is 2.04. The summed E-state index contributed by atoms with van der Waals surface area (Å²) in [5.41, 5.74) is 2.53. The third kappa shape index (κ3) is 5.58. The minimum atomic E-state index is 0.655. The maximum Gasteiger partial charge on any atom is 0.119 e. The zero-order valence-corrected chi connectivity index (χ0v) is 11.5. The predicted molar refractivity (Wildman–Crippen MR) is 74.6 cm³/mol. The van der Waals surface area contributed by atoms with Crippen LogP contribution in [-0.2, 0) is 0 Å². The lowest BCUT2D eigenvalue weighted by Gasteiger charge is -2.09. The Labute approximate surface area is 106 Å². The van der Waals surface area contributed by atoms with Gasteiger partial charge in [-0.05, 0) is 62.8 Å². The van der Waals surface area contributed by atoms with E-state index in [0.29, 0.717) is 5.92 Å². The summed E-state index contributed by atoms with van der Waals surface area (Å²) in [5.74, 6) is 1.66. The van der Waals surface area contributed by atoms with E-state index in [9.17, 15) is 0 Å². The maximum atomic E-state index is 5.77. The molecule has 0 radical (unpaired) electrons. The van der Waals surface area contributed by atoms with Gasteiger partial charge in [-0.3, -0.25) is 0 Å². The molecule has 0 heterocycles. The van der Waals surface area contributed by atoms with Gasteiger partial charge >= 0.3 is 0 Å². The quantitative estimate of drug-likeness (QED) is 0.511. The highest BCUT2D eigenvalue weighted by molar-refractivity contribution is 5.32. The van der Waals surface area contributed by atoms with Crippen LogP contribution >= 0.6 is 0 Å². The van der Waals surface area contributed by atoms with Crippen LogP contribution in [0.15, 0.2) is 30.4 Å². The first kappa shape index (κ1) is 13.8. The minimum Gasteiger partial charge on any atom is -0.494 e. The van der Waals surface area contributed by atoms with Crippen LogP contribution in [0.4, 0.5) is 0 Å². The van der Waals surface area contributed by atoms with Crippen LogP contribution in [0, 0.1) is 19.8 Å². The van der Waals surface area contributed by atoms with Crippen molar-refractivity contribution < 1.29 is 4.74 Å². The molecule has 0 aliphatic rings. The number of rotatable bonds is 6. The molecule has 0 amide bonds. The summed E-state index contributed by atoms with van der Waals surface area (Å²) in [5, 5.41) is 0. The number of allylic oxidation sites excluding steroid dienone is 2. The van der Waals surface area contributed by atoms with Crippen molar-refractivity contribution in [3.8, 4) is 5.75 Å². The average Bonchev–Trinajstić information content (AvgIpc) is 2.23. The first-order valence-electron chi connectivity index (χ1n) is 6.45. The first-order valence-corrected chi connectivity index (χ1v) is 6.45. The number of ether oxygens (including phenoxy) is 1. The van der Waals surface area contributed by atoms with Crippen LogP contribution in [0.25, 0.3) is 0 Å². The topological polar surface area (TPSA) is 9.23 Å². The summed E-state index contributed by atoms with van der Waals surface area (Å²) in [4.78, 5) is 0. The molecule has 0 fully saturated rings. The number of hydrogen-bond acceptors (Lipinski definition) is 1. The molecule has 0 aliphatic heterocycles. The summed E-state index contributed by atoms with van der Waals surface area (Å²) in [6, 6.07) is 6.37. The molecule has 0 N–H and O–H groups in total. The second-order valence-corrected chi connectivity index (χ2v) is 4.82. The number of benzene rings is 1. The molecule has 1 heteroatoms. The van der Waals surface area contributed by atoms with E-state index < -0.39 is 0 Å². The fraction of sp³-hybridized carbons (Fsp3) is 0.500. The van der Waals surface area contributed by atoms with Gasteiger partial charge in [-0.25, -0.2) is 0 Å². The molecule has 0 bridgehead atoms. The van der Waals surface area contributed by atoms with E-state index in [-0.39, 0.29) is 0 Å². The normalized spacial score (nSPS) is 12.9. The SMILES string of the molecule is C/C=C/[C@@H](C)CCCOc1cc(C)cc(C)c1. The Morgan fingerprint density at radius 2 is 1.82 bits per heavy atom. The van der Waals surface area contributed by atoms with Gasteiger partial charge in [0.15, 0.2) is 0 Å². The molecule has 0 aromatic heterocycles. The molecule has 0 spiro atoms. The van der Waals surface area contributed by atoms with Crippen molar-refractivity contribution in [1.82, 2.24) is 0 Å². The Morgan fingerprint density at radius 3 is 2.41 bits per heavy atom. The molecule has 94 valence electrons. The van der Waals surface area contributed by atoms with E-state index in [1.165, 1.54) is 17.5 Å². The summed E-state index contributed by atoms with van der Waals surface area (Å²) >= 11 is 0. The van der Waals surface area contributed by atoms with Crippen molar-refractivity contribution >= 4 is 0 Å². The van der Waals surface area contributed by atoms with E-state index >= 15 is 0 Å². The third-order valence-electron chi connectivity index (χ3n) is 2.79. The predicted octanol–water partition coefficient (Wildman–Crippen LogP) is 4.67. The summed E-state index contributed by atoms with van der Waals surface area (Å²) in [6.07, 6.45) is 6.67. The van der Waals surface area contributed by atoms with E-state index in [4.69, 9.17) is 4.74 Å². The molecule has 0 unspecified atom stereocenters. The number of aryl methyl sites for hydroxylation is 2. The summed E-state index contributed by atoms with van der Waals surface area (Å²) in [7, 11) is 0. The first-order chi connectivity index (χ1) is 8.11. The molecule has 1 atom stereocenters. The van der Waals surface area contributed by atoms with E-state index in [1.54, 1.807) is 0 Å². The second-order valence-electron chi connectivity index (χ2n) is 4.82. The standard InChI is InChI=1S/C16H24O/c1-5-7-13(2)8-6-9-17-16-11-14(3)10-15(4)12-16/h5,7,10-13H,6,8-9H2,1-4H3/b7-5+/t13-/m1/s1. The van der Waals surface area contributed by atoms with Crippen molar-refractivity contribution in [3.05, 3.63) is 41.5 Å². The molecule has 1 aromatic rings. The Bertz CT molecular complexity index is 346. The van der Waals surface area contributed by atoms with Crippen LogP contribution < -0.4 is 4.74 Å². The highest BCUT2D eigenvalue weighted by Gasteiger charge is 1.99. The lowest BCUT2D eigenvalue weighted by atomic mass is 10.1. The molecular weight excluding hydrogens is 208 g/mol. The lowest BCUT2D eigenvalue weighted by Crippen LogP contribution is -2.00. The fourth-order valence-corrected chi connectivity index (χ4v) is 2.04. The molecule has 0 aliphatic carbocycles. The van der Waals surface area contributed by atoms with Gasteiger partial charge in [0, 0.05) is 0 Å². The Morgan fingerprint density at radius 1 is 1.18 bits per heavy atom. The Hall–Kier alpha value is -1.24. The van der Waals surface area contributed by atoms with Crippen LogP contribution in [0.5, 0.6) is 5.75 Å². The van der Waals surface area contributed by atoms with Gasteiger partial charge in [-0.1, -0.05) is 25.1 Å². The zero-order valence-electron chi connectivity index (χ0n) is 11.5. The van der Waals surface area contributed by atoms with Crippen LogP contribution in [0.3, 0.4) is 0 Å². The summed E-state index contributed by atoms with van der Waals surface area (Å²) < 4.78 is 5.77.